The molecule has 1 aromatic carbocycles. The third kappa shape index (κ3) is 2.69. The second-order valence-electron chi connectivity index (χ2n) is 4.14. The lowest BCUT2D eigenvalue weighted by molar-refractivity contribution is 0.380. The maximum atomic E-state index is 9.23. The Balaban J connectivity index is 2.20. The fraction of sp³-hybridized carbons (Fsp3) is 0.286. The highest BCUT2D eigenvalue weighted by molar-refractivity contribution is 5.52. The van der Waals surface area contributed by atoms with Crippen molar-refractivity contribution in [3.05, 3.63) is 47.3 Å². The van der Waals surface area contributed by atoms with E-state index in [1.165, 1.54) is 5.56 Å². The van der Waals surface area contributed by atoms with Crippen molar-refractivity contribution < 1.29 is 4.52 Å². The second kappa shape index (κ2) is 5.37. The van der Waals surface area contributed by atoms with Crippen LogP contribution in [-0.4, -0.2) is 5.16 Å². The predicted octanol–water partition coefficient (Wildman–Crippen LogP) is 3.03. The van der Waals surface area contributed by atoms with E-state index in [2.05, 4.69) is 24.3 Å². The van der Waals surface area contributed by atoms with Gasteiger partial charge in [0.25, 0.3) is 0 Å². The zero-order valence-corrected chi connectivity index (χ0v) is 10.6. The van der Waals surface area contributed by atoms with E-state index < -0.39 is 0 Å². The molecule has 0 atom stereocenters. The molecule has 0 saturated carbocycles. The van der Waals surface area contributed by atoms with E-state index in [4.69, 9.17) is 4.52 Å². The topological polar surface area (TPSA) is 53.1 Å². The van der Waals surface area contributed by atoms with Crippen molar-refractivity contribution in [3.63, 3.8) is 0 Å². The zero-order chi connectivity index (χ0) is 13.0. The van der Waals surface area contributed by atoms with Gasteiger partial charge in [0.2, 0.25) is 0 Å². The van der Waals surface area contributed by atoms with Gasteiger partial charge in [-0.2, -0.15) is 5.26 Å². The fourth-order valence-electron chi connectivity index (χ4n) is 1.78. The van der Waals surface area contributed by atoms with Gasteiger partial charge in [-0.25, -0.2) is 0 Å². The van der Waals surface area contributed by atoms with Gasteiger partial charge >= 0.3 is 0 Å². The van der Waals surface area contributed by atoms with Crippen LogP contribution in [0.25, 0.3) is 0 Å². The second-order valence-corrected chi connectivity index (χ2v) is 4.14. The van der Waals surface area contributed by atoms with Gasteiger partial charge in [0.05, 0.1) is 17.9 Å². The van der Waals surface area contributed by atoms with E-state index in [-0.39, 0.29) is 0 Å². The van der Waals surface area contributed by atoms with Crippen LogP contribution in [0.3, 0.4) is 0 Å². The largest absolute Gasteiger partial charge is 0.359 e. The quantitative estimate of drug-likeness (QED) is 0.610. The number of benzene rings is 1. The number of nitrogens with zero attached hydrogens (tertiary/aromatic N) is 3. The molecule has 0 spiro atoms. The normalized spacial score (nSPS) is 10.1. The predicted molar refractivity (Wildman–Crippen MR) is 68.9 cm³/mol. The Morgan fingerprint density at radius 1 is 1.39 bits per heavy atom. The number of nitriles is 1. The standard InChI is InChI=1S/C14H15N3O/c1-3-12-5-4-6-13(8-12)17(10-15)9-14-7-11(2)16-18-14/h4-8H,3,9H2,1-2H3. The lowest BCUT2D eigenvalue weighted by atomic mass is 10.1. The summed E-state index contributed by atoms with van der Waals surface area (Å²) in [6, 6.07) is 9.80. The zero-order valence-electron chi connectivity index (χ0n) is 10.6. The molecule has 0 N–H and O–H groups in total. The summed E-state index contributed by atoms with van der Waals surface area (Å²) in [7, 11) is 0. The van der Waals surface area contributed by atoms with E-state index in [1.54, 1.807) is 4.90 Å². The van der Waals surface area contributed by atoms with Crippen molar-refractivity contribution in [2.45, 2.75) is 26.8 Å². The number of hydrogen-bond donors (Lipinski definition) is 0. The third-order valence-electron chi connectivity index (χ3n) is 2.74. The van der Waals surface area contributed by atoms with E-state index in [9.17, 15) is 5.26 Å². The third-order valence-corrected chi connectivity index (χ3v) is 2.74. The molecular formula is C14H15N3O. The molecule has 1 heterocycles. The first-order valence-corrected chi connectivity index (χ1v) is 5.91. The number of aryl methyl sites for hydroxylation is 2. The Bertz CT molecular complexity index is 568. The van der Waals surface area contributed by atoms with Crippen LogP contribution in [0.4, 0.5) is 5.69 Å². The van der Waals surface area contributed by atoms with Crippen molar-refractivity contribution in [1.82, 2.24) is 5.16 Å². The Kier molecular flexibility index (Phi) is 3.63. The summed E-state index contributed by atoms with van der Waals surface area (Å²) in [5, 5.41) is 13.0. The Labute approximate surface area is 106 Å². The van der Waals surface area contributed by atoms with Gasteiger partial charge in [0.1, 0.15) is 0 Å². The minimum absolute atomic E-state index is 0.407. The van der Waals surface area contributed by atoms with E-state index >= 15 is 0 Å². The van der Waals surface area contributed by atoms with Crippen LogP contribution in [0.2, 0.25) is 0 Å². The van der Waals surface area contributed by atoms with E-state index in [1.807, 2.05) is 31.2 Å². The average molecular weight is 241 g/mol. The van der Waals surface area contributed by atoms with Gasteiger partial charge in [0.15, 0.2) is 12.0 Å². The van der Waals surface area contributed by atoms with Gasteiger partial charge in [-0.3, -0.25) is 4.90 Å². The molecular weight excluding hydrogens is 226 g/mol. The van der Waals surface area contributed by atoms with Gasteiger partial charge in [0, 0.05) is 6.07 Å². The van der Waals surface area contributed by atoms with Gasteiger partial charge in [-0.05, 0) is 31.0 Å². The summed E-state index contributed by atoms with van der Waals surface area (Å²) < 4.78 is 5.13. The van der Waals surface area contributed by atoms with Gasteiger partial charge in [-0.1, -0.05) is 24.2 Å². The summed E-state index contributed by atoms with van der Waals surface area (Å²) >= 11 is 0. The highest BCUT2D eigenvalue weighted by Crippen LogP contribution is 2.18. The SMILES string of the molecule is CCc1cccc(N(C#N)Cc2cc(C)no2)c1. The molecule has 0 aliphatic heterocycles. The monoisotopic (exact) mass is 241 g/mol. The average Bonchev–Trinajstić information content (AvgIpc) is 2.81. The Morgan fingerprint density at radius 3 is 2.83 bits per heavy atom. The molecule has 0 amide bonds. The van der Waals surface area contributed by atoms with Crippen LogP contribution in [0, 0.1) is 18.4 Å². The highest BCUT2D eigenvalue weighted by Gasteiger charge is 2.10. The fourth-order valence-corrected chi connectivity index (χ4v) is 1.78. The summed E-state index contributed by atoms with van der Waals surface area (Å²) in [5.41, 5.74) is 2.91. The van der Waals surface area contributed by atoms with E-state index in [0.717, 1.165) is 17.8 Å². The molecule has 0 unspecified atom stereocenters. The first-order valence-electron chi connectivity index (χ1n) is 5.91. The Hall–Kier alpha value is -2.28. The van der Waals surface area contributed by atoms with Crippen LogP contribution in [0.5, 0.6) is 0 Å². The summed E-state index contributed by atoms with van der Waals surface area (Å²) in [6.45, 7) is 4.36. The molecule has 92 valence electrons. The van der Waals surface area contributed by atoms with Crippen molar-refractivity contribution in [1.29, 1.82) is 5.26 Å². The lowest BCUT2D eigenvalue weighted by Gasteiger charge is -2.14. The number of rotatable bonds is 4. The minimum atomic E-state index is 0.407. The maximum absolute atomic E-state index is 9.23. The molecule has 0 saturated heterocycles. The summed E-state index contributed by atoms with van der Waals surface area (Å²) in [5.74, 6) is 0.691. The summed E-state index contributed by atoms with van der Waals surface area (Å²) in [4.78, 5) is 1.60. The molecule has 2 aromatic rings. The van der Waals surface area contributed by atoms with Crippen LogP contribution in [0.1, 0.15) is 23.9 Å². The van der Waals surface area contributed by atoms with Crippen LogP contribution < -0.4 is 4.90 Å². The van der Waals surface area contributed by atoms with Crippen LogP contribution >= 0.6 is 0 Å². The lowest BCUT2D eigenvalue weighted by Crippen LogP contribution is -2.15. The van der Waals surface area contributed by atoms with Gasteiger partial charge in [-0.15, -0.1) is 0 Å². The van der Waals surface area contributed by atoms with Gasteiger partial charge < -0.3 is 4.52 Å². The highest BCUT2D eigenvalue weighted by atomic mass is 16.5. The van der Waals surface area contributed by atoms with Crippen molar-refractivity contribution in [2.75, 3.05) is 4.90 Å². The summed E-state index contributed by atoms with van der Waals surface area (Å²) in [6.07, 6.45) is 3.13. The molecule has 1 aromatic heterocycles. The molecule has 4 heteroatoms. The first kappa shape index (κ1) is 12.2. The molecule has 0 radical (unpaired) electrons. The molecule has 4 nitrogen and oxygen atoms in total. The number of anilines is 1. The molecule has 0 fully saturated rings. The molecule has 2 rings (SSSR count). The first-order chi connectivity index (χ1) is 8.72. The minimum Gasteiger partial charge on any atom is -0.359 e. The molecule has 0 aliphatic rings. The Morgan fingerprint density at radius 2 is 2.22 bits per heavy atom. The number of aromatic nitrogens is 1. The molecule has 18 heavy (non-hydrogen) atoms. The molecule has 0 bridgehead atoms. The van der Waals surface area contributed by atoms with Crippen LogP contribution in [-0.2, 0) is 13.0 Å². The van der Waals surface area contributed by atoms with Crippen molar-refractivity contribution in [2.24, 2.45) is 0 Å². The smallest absolute Gasteiger partial charge is 0.184 e. The van der Waals surface area contributed by atoms with Crippen molar-refractivity contribution >= 4 is 5.69 Å². The maximum Gasteiger partial charge on any atom is 0.184 e. The van der Waals surface area contributed by atoms with E-state index in [0.29, 0.717) is 12.3 Å². The number of hydrogen-bond acceptors (Lipinski definition) is 4. The van der Waals surface area contributed by atoms with Crippen LogP contribution in [0.15, 0.2) is 34.9 Å². The van der Waals surface area contributed by atoms with Crippen molar-refractivity contribution in [3.8, 4) is 6.19 Å². The molecule has 0 aliphatic carbocycles.